The number of carboxylic acids is 2. The van der Waals surface area contributed by atoms with Crippen molar-refractivity contribution in [1.82, 2.24) is 0 Å². The highest BCUT2D eigenvalue weighted by atomic mass is 16.6. The molecule has 0 aliphatic carbocycles. The van der Waals surface area contributed by atoms with Crippen molar-refractivity contribution in [1.29, 1.82) is 0 Å². The van der Waals surface area contributed by atoms with Crippen LogP contribution >= 0.6 is 0 Å². The molecule has 9 heteroatoms. The lowest BCUT2D eigenvalue weighted by molar-refractivity contribution is -0.164. The van der Waals surface area contributed by atoms with E-state index in [0.29, 0.717) is 0 Å². The van der Waals surface area contributed by atoms with Gasteiger partial charge in [-0.2, -0.15) is 0 Å². The van der Waals surface area contributed by atoms with E-state index in [4.69, 9.17) is 9.47 Å². The second-order valence-electron chi connectivity index (χ2n) is 20.5. The minimum Gasteiger partial charge on any atom is -0.473 e. The first-order valence-electron chi connectivity index (χ1n) is 22.0. The highest BCUT2D eigenvalue weighted by Gasteiger charge is 2.38. The molecule has 9 aromatic carbocycles. The summed E-state index contributed by atoms with van der Waals surface area (Å²) in [4.78, 5) is 46.9. The van der Waals surface area contributed by atoms with Gasteiger partial charge in [-0.05, 0) is 109 Å². The lowest BCUT2D eigenvalue weighted by Gasteiger charge is -2.37. The zero-order chi connectivity index (χ0) is 46.5. The molecule has 326 valence electrons. The molecule has 0 unspecified atom stereocenters. The zero-order valence-corrected chi connectivity index (χ0v) is 38.2. The van der Waals surface area contributed by atoms with Gasteiger partial charge in [0.15, 0.2) is 0 Å². The van der Waals surface area contributed by atoms with Crippen LogP contribution in [0.5, 0.6) is 0 Å². The van der Waals surface area contributed by atoms with Crippen LogP contribution in [0.2, 0.25) is 0 Å². The van der Waals surface area contributed by atoms with Crippen LogP contribution in [-0.2, 0) is 58.1 Å². The number of carbonyl (C=O) groups is 4. The highest BCUT2D eigenvalue weighted by molar-refractivity contribution is 6.99. The lowest BCUT2D eigenvalue weighted by Crippen LogP contribution is -2.57. The van der Waals surface area contributed by atoms with Gasteiger partial charge in [-0.1, -0.05) is 188 Å². The van der Waals surface area contributed by atoms with Gasteiger partial charge in [0.05, 0.1) is 0 Å². The molecule has 9 aromatic rings. The van der Waals surface area contributed by atoms with E-state index in [2.05, 4.69) is 135 Å². The third-order valence-electron chi connectivity index (χ3n) is 13.2. The molecule has 0 saturated carbocycles. The van der Waals surface area contributed by atoms with Gasteiger partial charge in [0.25, 0.3) is 0 Å². The third-order valence-corrected chi connectivity index (χ3v) is 13.2. The summed E-state index contributed by atoms with van der Waals surface area (Å²) in [6.07, 6.45) is 0. The van der Waals surface area contributed by atoms with Crippen LogP contribution in [0.25, 0.3) is 64.6 Å². The van der Waals surface area contributed by atoms with Gasteiger partial charge in [0, 0.05) is 0 Å². The average Bonchev–Trinajstić information content (AvgIpc) is 3.25. The van der Waals surface area contributed by atoms with Crippen molar-refractivity contribution < 1.29 is 38.9 Å². The Bertz CT molecular complexity index is 3220. The molecule has 0 fully saturated rings. The Labute approximate surface area is 377 Å². The van der Waals surface area contributed by atoms with E-state index in [-0.39, 0.29) is 36.2 Å². The Morgan fingerprint density at radius 3 is 1.11 bits per heavy atom. The number of aliphatic carboxylic acids is 2. The summed E-state index contributed by atoms with van der Waals surface area (Å²) < 4.78 is 10.5. The minimum absolute atomic E-state index is 0.124. The Balaban J connectivity index is 1.40. The van der Waals surface area contributed by atoms with E-state index in [1.807, 2.05) is 36.4 Å². The molecule has 0 aromatic heterocycles. The zero-order valence-electron chi connectivity index (χ0n) is 38.2. The summed E-state index contributed by atoms with van der Waals surface area (Å²) in [6, 6.07) is 38.7. The molecule has 0 heterocycles. The number of carboxylic acid groups (broad SMARTS) is 2. The Kier molecular flexibility index (Phi) is 10.2. The van der Waals surface area contributed by atoms with Crippen molar-refractivity contribution in [2.24, 2.45) is 0 Å². The molecule has 0 amide bonds. The van der Waals surface area contributed by atoms with E-state index >= 15 is 0 Å². The smallest absolute Gasteiger partial charge is 0.417 e. The molecule has 0 spiro atoms. The molecule has 65 heavy (non-hydrogen) atoms. The SMILES string of the molecule is CC(C)(C)c1cc(C(C)(C)C)c(B(c2ccc3ccc4c(COC(=O)C(=O)O)ccc5ccc2c3c54)c2ccc3ccc4c(COC(=O)C(=O)O)ccc5ccc2c3c54)c(C(C)(C)C)c1. The highest BCUT2D eigenvalue weighted by Crippen LogP contribution is 2.40. The summed E-state index contributed by atoms with van der Waals surface area (Å²) in [5, 5.41) is 30.8. The van der Waals surface area contributed by atoms with E-state index in [9.17, 15) is 29.4 Å². The van der Waals surface area contributed by atoms with E-state index < -0.39 is 23.9 Å². The number of esters is 2. The summed E-state index contributed by atoms with van der Waals surface area (Å²) >= 11 is 0. The monoisotopic (exact) mass is 862 g/mol. The molecule has 2 N–H and O–H groups in total. The van der Waals surface area contributed by atoms with E-state index in [1.165, 1.54) is 22.2 Å². The first kappa shape index (κ1) is 43.3. The number of benzene rings is 9. The van der Waals surface area contributed by atoms with Gasteiger partial charge in [0.1, 0.15) is 13.2 Å². The van der Waals surface area contributed by atoms with Gasteiger partial charge < -0.3 is 19.7 Å². The molecule has 0 radical (unpaired) electrons. The summed E-state index contributed by atoms with van der Waals surface area (Å²) in [6.45, 7) is 20.0. The molecule has 0 saturated heterocycles. The Morgan fingerprint density at radius 1 is 0.446 bits per heavy atom. The van der Waals surface area contributed by atoms with Gasteiger partial charge in [0.2, 0.25) is 6.71 Å². The maximum Gasteiger partial charge on any atom is 0.417 e. The van der Waals surface area contributed by atoms with Crippen LogP contribution < -0.4 is 16.4 Å². The van der Waals surface area contributed by atoms with Crippen molar-refractivity contribution in [3.63, 3.8) is 0 Å². The molecular weight excluding hydrogens is 811 g/mol. The van der Waals surface area contributed by atoms with Crippen LogP contribution in [0.3, 0.4) is 0 Å². The topological polar surface area (TPSA) is 127 Å². The second kappa shape index (κ2) is 15.3. The van der Waals surface area contributed by atoms with Crippen molar-refractivity contribution in [3.05, 3.63) is 137 Å². The van der Waals surface area contributed by atoms with Crippen LogP contribution in [0.4, 0.5) is 0 Å². The van der Waals surface area contributed by atoms with Crippen LogP contribution in [0.15, 0.2) is 109 Å². The molecule has 0 aliphatic heterocycles. The van der Waals surface area contributed by atoms with Crippen molar-refractivity contribution >= 4 is 112 Å². The maximum atomic E-state index is 12.1. The average molecular weight is 863 g/mol. The van der Waals surface area contributed by atoms with Crippen LogP contribution in [-0.4, -0.2) is 40.8 Å². The first-order valence-corrected chi connectivity index (χ1v) is 22.0. The molecule has 0 aliphatic rings. The summed E-state index contributed by atoms with van der Waals surface area (Å²) in [5.74, 6) is -5.86. The van der Waals surface area contributed by atoms with Crippen LogP contribution in [0.1, 0.15) is 90.1 Å². The lowest BCUT2D eigenvalue weighted by atomic mass is 9.33. The predicted molar refractivity (Wildman–Crippen MR) is 262 cm³/mol. The normalized spacial score (nSPS) is 12.6. The number of hydrogen-bond acceptors (Lipinski definition) is 6. The van der Waals surface area contributed by atoms with Crippen molar-refractivity contribution in [2.75, 3.05) is 0 Å². The Hall–Kier alpha value is -7.00. The maximum absolute atomic E-state index is 12.1. The van der Waals surface area contributed by atoms with Crippen LogP contribution in [0, 0.1) is 0 Å². The van der Waals surface area contributed by atoms with E-state index in [1.54, 1.807) is 0 Å². The first-order chi connectivity index (χ1) is 30.6. The number of hydrogen-bond donors (Lipinski definition) is 2. The number of rotatable bonds is 7. The summed E-state index contributed by atoms with van der Waals surface area (Å²) in [5.41, 5.74) is 8.09. The number of ether oxygens (including phenoxy) is 2. The molecule has 0 bridgehead atoms. The predicted octanol–water partition coefficient (Wildman–Crippen LogP) is 10.1. The second-order valence-corrected chi connectivity index (χ2v) is 20.5. The Morgan fingerprint density at radius 2 is 0.769 bits per heavy atom. The fourth-order valence-corrected chi connectivity index (χ4v) is 10.1. The fourth-order valence-electron chi connectivity index (χ4n) is 10.1. The standard InChI is InChI=1S/C56H51BO8/c1-54(2,3)36-26-41(55(4,5)6)49(42(27-36)56(7,8)9)57(43-24-18-32-14-20-37-34(28-64-52(62)50(58)59)12-10-30-16-22-39(43)47(32)45(30)37)44-25-19-33-15-21-38-35(29-65-53(63)51(60)61)13-11-31-17-23-40(44)48(33)46(31)38/h10-27H,28-29H2,1-9H3,(H,58,59)(H,60,61). The molecular formula is C56H51BO8. The molecule has 8 nitrogen and oxygen atoms in total. The molecule has 9 rings (SSSR count). The quantitative estimate of drug-likeness (QED) is 0.0702. The number of carbonyl (C=O) groups excluding carboxylic acids is 2. The largest absolute Gasteiger partial charge is 0.473 e. The third kappa shape index (κ3) is 7.37. The van der Waals surface area contributed by atoms with Gasteiger partial charge in [-0.25, -0.2) is 19.2 Å². The summed E-state index contributed by atoms with van der Waals surface area (Å²) in [7, 11) is 0. The minimum atomic E-state index is -1.63. The fraction of sp³-hybridized carbons (Fsp3) is 0.250. The van der Waals surface area contributed by atoms with Gasteiger partial charge in [-0.15, -0.1) is 0 Å². The van der Waals surface area contributed by atoms with Gasteiger partial charge >= 0.3 is 23.9 Å². The molecule has 0 atom stereocenters. The van der Waals surface area contributed by atoms with Crippen molar-refractivity contribution in [3.8, 4) is 0 Å². The van der Waals surface area contributed by atoms with E-state index in [0.717, 1.165) is 86.7 Å². The van der Waals surface area contributed by atoms with Crippen molar-refractivity contribution in [2.45, 2.75) is 91.8 Å². The van der Waals surface area contributed by atoms with Gasteiger partial charge in [-0.3, -0.25) is 0 Å².